The second-order valence-corrected chi connectivity index (χ2v) is 7.97. The molecular weight excluding hydrogens is 452 g/mol. The van der Waals surface area contributed by atoms with Gasteiger partial charge in [0, 0.05) is 18.7 Å². The van der Waals surface area contributed by atoms with E-state index in [9.17, 15) is 17.6 Å². The summed E-state index contributed by atoms with van der Waals surface area (Å²) in [6.07, 6.45) is 0.351. The van der Waals surface area contributed by atoms with Crippen LogP contribution in [0.1, 0.15) is 41.1 Å². The van der Waals surface area contributed by atoms with Gasteiger partial charge in [-0.2, -0.15) is 23.5 Å². The third-order valence-corrected chi connectivity index (χ3v) is 5.11. The van der Waals surface area contributed by atoms with Crippen LogP contribution in [0.2, 0.25) is 0 Å². The first-order valence-electron chi connectivity index (χ1n) is 10.4. The Kier molecular flexibility index (Phi) is 6.49. The molecule has 2 heterocycles. The lowest BCUT2D eigenvalue weighted by Crippen LogP contribution is -2.20. The van der Waals surface area contributed by atoms with E-state index in [0.29, 0.717) is 11.5 Å². The maximum Gasteiger partial charge on any atom is 0.422 e. The Bertz CT molecular complexity index is 1260. The van der Waals surface area contributed by atoms with Gasteiger partial charge in [0.05, 0.1) is 24.0 Å². The summed E-state index contributed by atoms with van der Waals surface area (Å²) in [7, 11) is 0. The number of halogens is 4. The highest BCUT2D eigenvalue weighted by molar-refractivity contribution is 5.84. The summed E-state index contributed by atoms with van der Waals surface area (Å²) < 4.78 is 57.5. The van der Waals surface area contributed by atoms with Crippen molar-refractivity contribution in [2.24, 2.45) is 10.7 Å². The number of ether oxygens (including phenoxy) is 1. The summed E-state index contributed by atoms with van der Waals surface area (Å²) in [5.74, 6) is 0.385. The molecular formula is C23H20F4N6O. The lowest BCUT2D eigenvalue weighted by atomic mass is 10.0. The molecule has 1 fully saturated rings. The van der Waals surface area contributed by atoms with E-state index >= 15 is 0 Å². The Morgan fingerprint density at radius 3 is 2.76 bits per heavy atom. The maximum absolute atomic E-state index is 13.4. The predicted molar refractivity (Wildman–Crippen MR) is 115 cm³/mol. The van der Waals surface area contributed by atoms with Crippen LogP contribution in [-0.2, 0) is 13.0 Å². The van der Waals surface area contributed by atoms with E-state index in [-0.39, 0.29) is 36.0 Å². The molecule has 1 aromatic carbocycles. The lowest BCUT2D eigenvalue weighted by Gasteiger charge is -2.14. The molecule has 1 saturated carbocycles. The Morgan fingerprint density at radius 2 is 2.06 bits per heavy atom. The molecule has 0 saturated heterocycles. The van der Waals surface area contributed by atoms with Gasteiger partial charge in [-0.05, 0) is 42.0 Å². The molecule has 34 heavy (non-hydrogen) atoms. The van der Waals surface area contributed by atoms with Crippen LogP contribution >= 0.6 is 0 Å². The zero-order chi connectivity index (χ0) is 24.3. The monoisotopic (exact) mass is 472 g/mol. The van der Waals surface area contributed by atoms with Crippen molar-refractivity contribution >= 4 is 11.7 Å². The van der Waals surface area contributed by atoms with Crippen LogP contribution < -0.4 is 10.5 Å². The minimum absolute atomic E-state index is 0.0972. The van der Waals surface area contributed by atoms with Gasteiger partial charge in [0.2, 0.25) is 0 Å². The van der Waals surface area contributed by atoms with Gasteiger partial charge in [0.1, 0.15) is 17.7 Å². The summed E-state index contributed by atoms with van der Waals surface area (Å²) in [5.41, 5.74) is 8.01. The number of amidine groups is 1. The van der Waals surface area contributed by atoms with E-state index in [4.69, 9.17) is 15.7 Å². The van der Waals surface area contributed by atoms with Gasteiger partial charge in [0.25, 0.3) is 0 Å². The molecule has 0 bridgehead atoms. The molecule has 11 heteroatoms. The quantitative estimate of drug-likeness (QED) is 0.298. The minimum Gasteiger partial charge on any atom is -0.484 e. The van der Waals surface area contributed by atoms with E-state index in [0.717, 1.165) is 30.2 Å². The molecule has 0 amide bonds. The molecule has 4 rings (SSSR count). The maximum atomic E-state index is 13.4. The van der Waals surface area contributed by atoms with Crippen molar-refractivity contribution in [3.8, 4) is 11.8 Å². The largest absolute Gasteiger partial charge is 0.484 e. The molecule has 0 atom stereocenters. The Balaban J connectivity index is 1.43. The van der Waals surface area contributed by atoms with Crippen molar-refractivity contribution in [3.05, 3.63) is 70.9 Å². The van der Waals surface area contributed by atoms with Crippen LogP contribution in [0.4, 0.5) is 23.4 Å². The number of nitriles is 1. The van der Waals surface area contributed by atoms with E-state index in [2.05, 4.69) is 15.1 Å². The Morgan fingerprint density at radius 1 is 1.26 bits per heavy atom. The fourth-order valence-electron chi connectivity index (χ4n) is 3.43. The molecule has 3 aromatic rings. The van der Waals surface area contributed by atoms with Crippen LogP contribution in [-0.4, -0.2) is 33.4 Å². The van der Waals surface area contributed by atoms with Gasteiger partial charge in [-0.25, -0.2) is 9.38 Å². The molecule has 0 radical (unpaired) electrons. The Hall–Kier alpha value is -3.94. The number of nitrogens with two attached hydrogens (primary N) is 1. The summed E-state index contributed by atoms with van der Waals surface area (Å²) in [6, 6.07) is 9.80. The van der Waals surface area contributed by atoms with Crippen molar-refractivity contribution in [3.63, 3.8) is 0 Å². The zero-order valence-electron chi connectivity index (χ0n) is 17.9. The molecule has 0 aliphatic heterocycles. The fourth-order valence-corrected chi connectivity index (χ4v) is 3.43. The molecule has 176 valence electrons. The van der Waals surface area contributed by atoms with E-state index in [1.807, 2.05) is 6.07 Å². The molecule has 7 nitrogen and oxygen atoms in total. The normalized spacial score (nSPS) is 14.1. The number of nitrogens with zero attached hydrogens (tertiary/aromatic N) is 5. The van der Waals surface area contributed by atoms with Crippen LogP contribution in [0, 0.1) is 17.1 Å². The first-order chi connectivity index (χ1) is 16.2. The molecule has 2 N–H and O–H groups in total. The molecule has 0 unspecified atom stereocenters. The van der Waals surface area contributed by atoms with E-state index in [1.165, 1.54) is 10.7 Å². The number of aliphatic imine (C=N–C) groups is 1. The summed E-state index contributed by atoms with van der Waals surface area (Å²) in [6.45, 7) is -1.11. The van der Waals surface area contributed by atoms with Gasteiger partial charge in [-0.15, -0.1) is 0 Å². The van der Waals surface area contributed by atoms with Gasteiger partial charge in [-0.1, -0.05) is 12.1 Å². The molecule has 1 aliphatic carbocycles. The van der Waals surface area contributed by atoms with Crippen molar-refractivity contribution < 1.29 is 22.3 Å². The summed E-state index contributed by atoms with van der Waals surface area (Å²) in [4.78, 5) is 8.24. The third kappa shape index (κ3) is 6.10. The highest BCUT2D eigenvalue weighted by atomic mass is 19.4. The smallest absolute Gasteiger partial charge is 0.422 e. The van der Waals surface area contributed by atoms with Gasteiger partial charge in [0.15, 0.2) is 18.2 Å². The number of hydrogen-bond donors (Lipinski definition) is 1. The van der Waals surface area contributed by atoms with E-state index < -0.39 is 18.6 Å². The lowest BCUT2D eigenvalue weighted by molar-refractivity contribution is -0.153. The predicted octanol–water partition coefficient (Wildman–Crippen LogP) is 4.39. The zero-order valence-corrected chi connectivity index (χ0v) is 17.9. The van der Waals surface area contributed by atoms with Crippen molar-refractivity contribution in [2.45, 2.75) is 37.9 Å². The van der Waals surface area contributed by atoms with Crippen molar-refractivity contribution in [1.82, 2.24) is 14.8 Å². The molecule has 0 spiro atoms. The highest BCUT2D eigenvalue weighted by Gasteiger charge is 2.31. The SMILES string of the molecule is N#Cc1cc(Cn2ccc(N=C(N)Cc3ccc(OCC(F)(F)F)c(C4CC4)c3)n2)ncc1F. The molecule has 2 aromatic heterocycles. The standard InChI is InChI=1S/C23H20F4N6O/c24-19-11-30-17(9-16(19)10-28)12-33-6-5-22(32-33)31-21(29)8-14-1-4-20(34-13-23(25,26)27)18(7-14)15-2-3-15/h1,4-7,9,11,15H,2-3,8,12-13H2,(H2,29,31,32). The number of pyridine rings is 1. The van der Waals surface area contributed by atoms with Crippen molar-refractivity contribution in [1.29, 1.82) is 5.26 Å². The van der Waals surface area contributed by atoms with Crippen molar-refractivity contribution in [2.75, 3.05) is 6.61 Å². The first kappa shape index (κ1) is 23.2. The van der Waals surface area contributed by atoms with Crippen LogP contribution in [0.5, 0.6) is 5.75 Å². The van der Waals surface area contributed by atoms with Crippen LogP contribution in [0.3, 0.4) is 0 Å². The minimum atomic E-state index is -4.40. The van der Waals surface area contributed by atoms with E-state index in [1.54, 1.807) is 30.5 Å². The third-order valence-electron chi connectivity index (χ3n) is 5.11. The average Bonchev–Trinajstić information content (AvgIpc) is 3.54. The van der Waals surface area contributed by atoms with Crippen LogP contribution in [0.25, 0.3) is 0 Å². The van der Waals surface area contributed by atoms with Gasteiger partial charge < -0.3 is 10.5 Å². The number of hydrogen-bond acceptors (Lipinski definition) is 5. The number of aromatic nitrogens is 3. The number of alkyl halides is 3. The summed E-state index contributed by atoms with van der Waals surface area (Å²) in [5, 5.41) is 13.2. The first-order valence-corrected chi connectivity index (χ1v) is 10.4. The van der Waals surface area contributed by atoms with Gasteiger partial charge in [-0.3, -0.25) is 9.67 Å². The fraction of sp³-hybridized carbons (Fsp3) is 0.304. The highest BCUT2D eigenvalue weighted by Crippen LogP contribution is 2.45. The number of benzene rings is 1. The average molecular weight is 472 g/mol. The number of rotatable bonds is 8. The second-order valence-electron chi connectivity index (χ2n) is 7.97. The Labute approximate surface area is 192 Å². The molecule has 1 aliphatic rings. The second kappa shape index (κ2) is 9.51. The summed E-state index contributed by atoms with van der Waals surface area (Å²) >= 11 is 0. The topological polar surface area (TPSA) is 102 Å². The van der Waals surface area contributed by atoms with Gasteiger partial charge >= 0.3 is 6.18 Å². The van der Waals surface area contributed by atoms with Crippen LogP contribution in [0.15, 0.2) is 47.7 Å².